The Bertz CT molecular complexity index is 1150. The number of esters is 1. The van der Waals surface area contributed by atoms with Gasteiger partial charge in [-0.05, 0) is 25.0 Å². The smallest absolute Gasteiger partial charge is 0.341 e. The molecule has 1 aliphatic rings. The van der Waals surface area contributed by atoms with Gasteiger partial charge in [0.15, 0.2) is 0 Å². The number of unbranched alkanes of at least 4 members (excludes halogenated alkanes) is 10. The van der Waals surface area contributed by atoms with Gasteiger partial charge in [-0.2, -0.15) is 0 Å². The molecule has 0 fully saturated rings. The van der Waals surface area contributed by atoms with Crippen LogP contribution < -0.4 is 11.2 Å². The number of oxime groups is 1. The third-order valence-electron chi connectivity index (χ3n) is 6.92. The largest absolute Gasteiger partial charge is 0.419 e. The van der Waals surface area contributed by atoms with Crippen molar-refractivity contribution in [1.29, 1.82) is 0 Å². The molecule has 0 spiro atoms. The van der Waals surface area contributed by atoms with Gasteiger partial charge in [0, 0.05) is 19.3 Å². The average Bonchev–Trinajstić information content (AvgIpc) is 3.39. The molecule has 208 valence electrons. The van der Waals surface area contributed by atoms with E-state index in [0.717, 1.165) is 38.5 Å². The summed E-state index contributed by atoms with van der Waals surface area (Å²) < 4.78 is 8.43. The molecule has 0 N–H and O–H groups in total. The van der Waals surface area contributed by atoms with Crippen molar-refractivity contribution in [3.8, 4) is 0 Å². The average molecular weight is 526 g/mol. The summed E-state index contributed by atoms with van der Waals surface area (Å²) in [5.41, 5.74) is 0.514. The minimum Gasteiger partial charge on any atom is -0.419 e. The minimum absolute atomic E-state index is 0.153. The Labute approximate surface area is 225 Å². The SMILES string of the molecule is CCCCCCCCn1cc(C2=NOC(OC(=O)c3ccccc3)C2)c(=O)n(CCCCCCCC)c1=O. The van der Waals surface area contributed by atoms with Crippen molar-refractivity contribution in [2.75, 3.05) is 0 Å². The maximum atomic E-state index is 13.4. The Morgan fingerprint density at radius 3 is 2.16 bits per heavy atom. The molecule has 0 amide bonds. The maximum absolute atomic E-state index is 13.4. The van der Waals surface area contributed by atoms with E-state index in [4.69, 9.17) is 9.57 Å². The predicted octanol–water partition coefficient (Wildman–Crippen LogP) is 6.04. The zero-order valence-corrected chi connectivity index (χ0v) is 23.0. The van der Waals surface area contributed by atoms with E-state index in [9.17, 15) is 14.4 Å². The lowest BCUT2D eigenvalue weighted by Crippen LogP contribution is -2.42. The van der Waals surface area contributed by atoms with E-state index in [2.05, 4.69) is 19.0 Å². The number of carbonyl (C=O) groups is 1. The standard InChI is InChI=1S/C30H43N3O5/c1-3-5-7-9-11-16-20-32-23-25(28(34)33(30(32)36)21-17-12-10-8-6-4-2)26-22-27(38-31-26)37-29(35)24-18-14-13-15-19-24/h13-15,18-19,23,27H,3-12,16-17,20-22H2,1-2H3. The fourth-order valence-corrected chi connectivity index (χ4v) is 4.66. The second-order valence-corrected chi connectivity index (χ2v) is 10.1. The summed E-state index contributed by atoms with van der Waals surface area (Å²) in [6, 6.07) is 8.66. The molecule has 0 saturated carbocycles. The van der Waals surface area contributed by atoms with Gasteiger partial charge in [-0.25, -0.2) is 9.59 Å². The van der Waals surface area contributed by atoms with Crippen LogP contribution in [0.25, 0.3) is 0 Å². The second kappa shape index (κ2) is 15.9. The third-order valence-corrected chi connectivity index (χ3v) is 6.92. The van der Waals surface area contributed by atoms with Gasteiger partial charge in [0.1, 0.15) is 5.71 Å². The molecule has 1 aromatic heterocycles. The summed E-state index contributed by atoms with van der Waals surface area (Å²) in [5, 5.41) is 4.08. The highest BCUT2D eigenvalue weighted by Gasteiger charge is 2.29. The fourth-order valence-electron chi connectivity index (χ4n) is 4.66. The molecule has 2 aromatic rings. The van der Waals surface area contributed by atoms with E-state index < -0.39 is 12.3 Å². The molecule has 3 rings (SSSR count). The summed E-state index contributed by atoms with van der Waals surface area (Å²) in [6.45, 7) is 5.31. The molecule has 8 heteroatoms. The van der Waals surface area contributed by atoms with E-state index in [1.165, 1.54) is 43.1 Å². The molecule has 8 nitrogen and oxygen atoms in total. The van der Waals surface area contributed by atoms with Gasteiger partial charge >= 0.3 is 11.7 Å². The Morgan fingerprint density at radius 2 is 1.50 bits per heavy atom. The van der Waals surface area contributed by atoms with Crippen LogP contribution in [0.5, 0.6) is 0 Å². The first kappa shape index (κ1) is 29.4. The summed E-state index contributed by atoms with van der Waals surface area (Å²) >= 11 is 0. The van der Waals surface area contributed by atoms with Gasteiger partial charge in [0.25, 0.3) is 11.8 Å². The summed E-state index contributed by atoms with van der Waals surface area (Å²) in [4.78, 5) is 44.4. The Morgan fingerprint density at radius 1 is 0.895 bits per heavy atom. The molecule has 1 unspecified atom stereocenters. The van der Waals surface area contributed by atoms with Crippen molar-refractivity contribution >= 4 is 11.7 Å². The number of carbonyl (C=O) groups excluding carboxylic acids is 1. The van der Waals surface area contributed by atoms with Gasteiger partial charge < -0.3 is 9.57 Å². The monoisotopic (exact) mass is 525 g/mol. The highest BCUT2D eigenvalue weighted by atomic mass is 16.8. The Balaban J connectivity index is 1.71. The van der Waals surface area contributed by atoms with Crippen LogP contribution in [0.15, 0.2) is 51.3 Å². The number of ether oxygens (including phenoxy) is 1. The Kier molecular flexibility index (Phi) is 12.3. The zero-order valence-electron chi connectivity index (χ0n) is 23.0. The van der Waals surface area contributed by atoms with Crippen LogP contribution in [0.4, 0.5) is 0 Å². The number of benzene rings is 1. The normalized spacial score (nSPS) is 14.8. The van der Waals surface area contributed by atoms with Crippen LogP contribution in [-0.4, -0.2) is 27.1 Å². The number of hydrogen-bond acceptors (Lipinski definition) is 6. The molecular weight excluding hydrogens is 482 g/mol. The van der Waals surface area contributed by atoms with E-state index in [0.29, 0.717) is 29.9 Å². The molecule has 0 aliphatic carbocycles. The lowest BCUT2D eigenvalue weighted by atomic mass is 10.1. The first-order chi connectivity index (χ1) is 18.5. The zero-order chi connectivity index (χ0) is 27.2. The number of aryl methyl sites for hydroxylation is 1. The number of aromatic nitrogens is 2. The van der Waals surface area contributed by atoms with Gasteiger partial charge in [-0.1, -0.05) is 101 Å². The second-order valence-electron chi connectivity index (χ2n) is 10.1. The fraction of sp³-hybridized carbons (Fsp3) is 0.600. The van der Waals surface area contributed by atoms with Crippen LogP contribution in [0.1, 0.15) is 113 Å². The predicted molar refractivity (Wildman–Crippen MR) is 150 cm³/mol. The van der Waals surface area contributed by atoms with E-state index in [-0.39, 0.29) is 17.7 Å². The van der Waals surface area contributed by atoms with Crippen molar-refractivity contribution in [3.05, 3.63) is 68.5 Å². The molecule has 0 saturated heterocycles. The number of hydrogen-bond donors (Lipinski definition) is 0. The molecule has 38 heavy (non-hydrogen) atoms. The lowest BCUT2D eigenvalue weighted by molar-refractivity contribution is -0.0912. The third kappa shape index (κ3) is 8.71. The summed E-state index contributed by atoms with van der Waals surface area (Å²) in [7, 11) is 0. The topological polar surface area (TPSA) is 91.9 Å². The first-order valence-electron chi connectivity index (χ1n) is 14.4. The summed E-state index contributed by atoms with van der Waals surface area (Å²) in [6.07, 6.45) is 13.9. The molecule has 0 bridgehead atoms. The molecule has 1 aromatic carbocycles. The van der Waals surface area contributed by atoms with Crippen molar-refractivity contribution in [3.63, 3.8) is 0 Å². The van der Waals surface area contributed by atoms with E-state index in [1.54, 1.807) is 35.0 Å². The Hall–Kier alpha value is -3.16. The van der Waals surface area contributed by atoms with Gasteiger partial charge in [0.05, 0.1) is 17.5 Å². The highest BCUT2D eigenvalue weighted by Crippen LogP contribution is 2.18. The van der Waals surface area contributed by atoms with Crippen LogP contribution in [0, 0.1) is 0 Å². The highest BCUT2D eigenvalue weighted by molar-refractivity contribution is 6.01. The van der Waals surface area contributed by atoms with Crippen LogP contribution in [0.3, 0.4) is 0 Å². The van der Waals surface area contributed by atoms with Crippen molar-refractivity contribution in [2.45, 2.75) is 117 Å². The van der Waals surface area contributed by atoms with Gasteiger partial charge in [-0.3, -0.25) is 13.9 Å². The molecule has 2 heterocycles. The molecule has 1 aliphatic heterocycles. The van der Waals surface area contributed by atoms with Crippen LogP contribution in [-0.2, 0) is 22.7 Å². The van der Waals surface area contributed by atoms with Crippen LogP contribution in [0.2, 0.25) is 0 Å². The van der Waals surface area contributed by atoms with E-state index in [1.807, 2.05) is 6.07 Å². The maximum Gasteiger partial charge on any atom is 0.341 e. The number of rotatable bonds is 17. The van der Waals surface area contributed by atoms with Gasteiger partial charge in [-0.15, -0.1) is 0 Å². The first-order valence-corrected chi connectivity index (χ1v) is 14.4. The van der Waals surface area contributed by atoms with Crippen LogP contribution >= 0.6 is 0 Å². The van der Waals surface area contributed by atoms with Crippen molar-refractivity contribution < 1.29 is 14.4 Å². The summed E-state index contributed by atoms with van der Waals surface area (Å²) in [5.74, 6) is -0.513. The molecule has 0 radical (unpaired) electrons. The van der Waals surface area contributed by atoms with E-state index >= 15 is 0 Å². The number of nitrogens with zero attached hydrogens (tertiary/aromatic N) is 3. The minimum atomic E-state index is -0.914. The van der Waals surface area contributed by atoms with Gasteiger partial charge in [0.2, 0.25) is 0 Å². The quantitative estimate of drug-likeness (QED) is 0.185. The molecule has 1 atom stereocenters. The molecular formula is C30H43N3O5. The lowest BCUT2D eigenvalue weighted by Gasteiger charge is -2.13. The van der Waals surface area contributed by atoms with Crippen molar-refractivity contribution in [2.24, 2.45) is 5.16 Å². The van der Waals surface area contributed by atoms with Crippen molar-refractivity contribution in [1.82, 2.24) is 9.13 Å².